The zero-order chi connectivity index (χ0) is 14.8. The summed E-state index contributed by atoms with van der Waals surface area (Å²) in [4.78, 5) is 2.28. The van der Waals surface area contributed by atoms with Crippen LogP contribution < -0.4 is 10.2 Å². The van der Waals surface area contributed by atoms with E-state index < -0.39 is 0 Å². The van der Waals surface area contributed by atoms with Crippen LogP contribution in [0.1, 0.15) is 33.1 Å². The number of hydrogen-bond acceptors (Lipinski definition) is 2. The van der Waals surface area contributed by atoms with Gasteiger partial charge in [-0.2, -0.15) is 0 Å². The third-order valence-electron chi connectivity index (χ3n) is 4.25. The molecule has 5 heteroatoms. The van der Waals surface area contributed by atoms with Gasteiger partial charge in [0.05, 0.1) is 10.7 Å². The Morgan fingerprint density at radius 3 is 2.70 bits per heavy atom. The molecule has 0 atom stereocenters. The van der Waals surface area contributed by atoms with Crippen molar-refractivity contribution in [1.82, 2.24) is 5.32 Å². The van der Waals surface area contributed by atoms with Crippen LogP contribution in [0.15, 0.2) is 16.6 Å². The number of anilines is 1. The van der Waals surface area contributed by atoms with Crippen LogP contribution in [-0.4, -0.2) is 25.2 Å². The molecular formula is C15H21BrClFN2. The predicted octanol–water partition coefficient (Wildman–Crippen LogP) is 4.60. The molecule has 1 aromatic carbocycles. The quantitative estimate of drug-likeness (QED) is 0.844. The van der Waals surface area contributed by atoms with E-state index in [1.807, 2.05) is 0 Å². The predicted molar refractivity (Wildman–Crippen MR) is 87.3 cm³/mol. The lowest BCUT2D eigenvalue weighted by Crippen LogP contribution is -2.50. The van der Waals surface area contributed by atoms with Gasteiger partial charge in [0, 0.05) is 23.1 Å². The molecular weight excluding hydrogens is 343 g/mol. The van der Waals surface area contributed by atoms with Crippen LogP contribution in [0, 0.1) is 5.82 Å². The van der Waals surface area contributed by atoms with E-state index in [1.54, 1.807) is 0 Å². The minimum atomic E-state index is -0.309. The van der Waals surface area contributed by atoms with Gasteiger partial charge in [-0.05, 0) is 53.9 Å². The van der Waals surface area contributed by atoms with E-state index in [1.165, 1.54) is 12.1 Å². The van der Waals surface area contributed by atoms with Crippen molar-refractivity contribution < 1.29 is 4.39 Å². The van der Waals surface area contributed by atoms with Gasteiger partial charge in [-0.25, -0.2) is 4.39 Å². The van der Waals surface area contributed by atoms with Gasteiger partial charge in [-0.15, -0.1) is 0 Å². The third-order valence-corrected chi connectivity index (χ3v) is 5.14. The Kier molecular flexibility index (Phi) is 5.32. The van der Waals surface area contributed by atoms with Crippen molar-refractivity contribution in [3.8, 4) is 0 Å². The summed E-state index contributed by atoms with van der Waals surface area (Å²) >= 11 is 9.72. The largest absolute Gasteiger partial charge is 0.368 e. The summed E-state index contributed by atoms with van der Waals surface area (Å²) in [5.74, 6) is -0.309. The van der Waals surface area contributed by atoms with Crippen molar-refractivity contribution in [2.24, 2.45) is 0 Å². The minimum absolute atomic E-state index is 0.105. The molecule has 0 radical (unpaired) electrons. The van der Waals surface area contributed by atoms with Crippen molar-refractivity contribution in [3.05, 3.63) is 27.4 Å². The molecule has 0 amide bonds. The molecule has 2 nitrogen and oxygen atoms in total. The average molecular weight is 364 g/mol. The lowest BCUT2D eigenvalue weighted by molar-refractivity contribution is 0.321. The van der Waals surface area contributed by atoms with E-state index in [9.17, 15) is 4.39 Å². The minimum Gasteiger partial charge on any atom is -0.368 e. The molecule has 0 saturated carbocycles. The van der Waals surface area contributed by atoms with Gasteiger partial charge in [0.1, 0.15) is 5.82 Å². The zero-order valence-electron chi connectivity index (χ0n) is 12.0. The van der Waals surface area contributed by atoms with Crippen LogP contribution in [0.2, 0.25) is 5.02 Å². The molecule has 1 fully saturated rings. The molecule has 0 unspecified atom stereocenters. The Labute approximate surface area is 133 Å². The van der Waals surface area contributed by atoms with E-state index in [0.717, 1.165) is 49.1 Å². The summed E-state index contributed by atoms with van der Waals surface area (Å²) in [6.45, 7) is 7.25. The van der Waals surface area contributed by atoms with Crippen LogP contribution in [0.25, 0.3) is 0 Å². The molecule has 1 saturated heterocycles. The fraction of sp³-hybridized carbons (Fsp3) is 0.600. The maximum Gasteiger partial charge on any atom is 0.125 e. The van der Waals surface area contributed by atoms with E-state index in [4.69, 9.17) is 11.6 Å². The van der Waals surface area contributed by atoms with E-state index in [0.29, 0.717) is 5.02 Å². The second-order valence-corrected chi connectivity index (χ2v) is 6.67. The number of nitrogens with one attached hydrogen (secondary N) is 1. The first-order chi connectivity index (χ1) is 9.51. The van der Waals surface area contributed by atoms with Gasteiger partial charge >= 0.3 is 0 Å². The van der Waals surface area contributed by atoms with Crippen molar-refractivity contribution >= 4 is 33.2 Å². The van der Waals surface area contributed by atoms with Gasteiger partial charge in [0.2, 0.25) is 0 Å². The Morgan fingerprint density at radius 2 is 2.10 bits per heavy atom. The summed E-state index contributed by atoms with van der Waals surface area (Å²) < 4.78 is 14.1. The van der Waals surface area contributed by atoms with E-state index >= 15 is 0 Å². The smallest absolute Gasteiger partial charge is 0.125 e. The van der Waals surface area contributed by atoms with Crippen molar-refractivity contribution in [1.29, 1.82) is 0 Å². The average Bonchev–Trinajstić information content (AvgIpc) is 2.61. The topological polar surface area (TPSA) is 15.3 Å². The highest BCUT2D eigenvalue weighted by atomic mass is 79.9. The number of rotatable bonds is 3. The number of hydrogen-bond donors (Lipinski definition) is 1. The van der Waals surface area contributed by atoms with Gasteiger partial charge in [0.15, 0.2) is 0 Å². The fourth-order valence-corrected chi connectivity index (χ4v) is 4.00. The van der Waals surface area contributed by atoms with Gasteiger partial charge in [-0.1, -0.05) is 25.4 Å². The summed E-state index contributed by atoms with van der Waals surface area (Å²) in [7, 11) is 0. The standard InChI is InChI=1S/C15H21BrClFN2/c1-3-15(4-2)10-20(7-5-6-19-15)14-12(16)8-11(18)9-13(14)17/h8-9,19H,3-7,10H2,1-2H3. The van der Waals surface area contributed by atoms with Crippen LogP contribution in [-0.2, 0) is 0 Å². The zero-order valence-corrected chi connectivity index (χ0v) is 14.3. The fourth-order valence-electron chi connectivity index (χ4n) is 2.87. The second-order valence-electron chi connectivity index (χ2n) is 5.41. The molecule has 1 aromatic rings. The molecule has 0 aliphatic carbocycles. The van der Waals surface area contributed by atoms with Gasteiger partial charge in [0.25, 0.3) is 0 Å². The Hall–Kier alpha value is -0.320. The van der Waals surface area contributed by atoms with Crippen LogP contribution >= 0.6 is 27.5 Å². The Bertz CT molecular complexity index is 454. The van der Waals surface area contributed by atoms with Crippen LogP contribution in [0.5, 0.6) is 0 Å². The van der Waals surface area contributed by atoms with Gasteiger partial charge < -0.3 is 10.2 Å². The highest BCUT2D eigenvalue weighted by molar-refractivity contribution is 9.10. The van der Waals surface area contributed by atoms with E-state index in [-0.39, 0.29) is 11.4 Å². The maximum atomic E-state index is 13.4. The van der Waals surface area contributed by atoms with Crippen molar-refractivity contribution in [3.63, 3.8) is 0 Å². The lowest BCUT2D eigenvalue weighted by atomic mass is 9.92. The molecule has 0 aromatic heterocycles. The summed E-state index contributed by atoms with van der Waals surface area (Å²) in [6.07, 6.45) is 3.19. The number of halogens is 3. The molecule has 0 spiro atoms. The Balaban J connectivity index is 2.36. The highest BCUT2D eigenvalue weighted by Crippen LogP contribution is 2.37. The summed E-state index contributed by atoms with van der Waals surface area (Å²) in [5.41, 5.74) is 1.01. The van der Waals surface area contributed by atoms with Gasteiger partial charge in [-0.3, -0.25) is 0 Å². The molecule has 1 aliphatic heterocycles. The number of nitrogens with zero attached hydrogens (tertiary/aromatic N) is 1. The first-order valence-corrected chi connectivity index (χ1v) is 8.33. The molecule has 112 valence electrons. The maximum absolute atomic E-state index is 13.4. The monoisotopic (exact) mass is 362 g/mol. The highest BCUT2D eigenvalue weighted by Gasteiger charge is 2.31. The molecule has 1 heterocycles. The van der Waals surface area contributed by atoms with Crippen molar-refractivity contribution in [2.45, 2.75) is 38.6 Å². The van der Waals surface area contributed by atoms with Crippen LogP contribution in [0.4, 0.5) is 10.1 Å². The molecule has 0 bridgehead atoms. The molecule has 1 aliphatic rings. The number of benzene rings is 1. The summed E-state index contributed by atoms with van der Waals surface area (Å²) in [5, 5.41) is 4.14. The molecule has 20 heavy (non-hydrogen) atoms. The SMILES string of the molecule is CCC1(CC)CN(c2c(Cl)cc(F)cc2Br)CCCN1. The third kappa shape index (κ3) is 3.29. The molecule has 1 N–H and O–H groups in total. The van der Waals surface area contributed by atoms with E-state index in [2.05, 4.69) is 40.0 Å². The lowest BCUT2D eigenvalue weighted by Gasteiger charge is -2.37. The van der Waals surface area contributed by atoms with Crippen LogP contribution in [0.3, 0.4) is 0 Å². The summed E-state index contributed by atoms with van der Waals surface area (Å²) in [6, 6.07) is 2.87. The molecule has 2 rings (SSSR count). The first kappa shape index (κ1) is 16.1. The van der Waals surface area contributed by atoms with Crippen molar-refractivity contribution in [2.75, 3.05) is 24.5 Å². The normalized spacial score (nSPS) is 18.9. The second kappa shape index (κ2) is 6.63. The Morgan fingerprint density at radius 1 is 1.40 bits per heavy atom. The first-order valence-electron chi connectivity index (χ1n) is 7.16.